The number of rotatable bonds is 1. The van der Waals surface area contributed by atoms with Crippen LogP contribution in [0.3, 0.4) is 0 Å². The van der Waals surface area contributed by atoms with Crippen molar-refractivity contribution < 1.29 is 4.42 Å². The Morgan fingerprint density at radius 1 is 0.783 bits per heavy atom. The maximum Gasteiger partial charge on any atom is 0.248 e. The van der Waals surface area contributed by atoms with Gasteiger partial charge in [0.1, 0.15) is 11.2 Å². The van der Waals surface area contributed by atoms with E-state index >= 15 is 0 Å². The number of furan rings is 1. The summed E-state index contributed by atoms with van der Waals surface area (Å²) in [5.41, 5.74) is 3.04. The van der Waals surface area contributed by atoms with Crippen molar-refractivity contribution in [2.24, 2.45) is 0 Å². The molecule has 0 N–H and O–H groups in total. The lowest BCUT2D eigenvalue weighted by molar-refractivity contribution is 0.650. The van der Waals surface area contributed by atoms with E-state index in [1.54, 1.807) is 24.8 Å². The molecule has 108 valence electrons. The van der Waals surface area contributed by atoms with Crippen LogP contribution in [-0.4, -0.2) is 24.9 Å². The third-order valence-electron chi connectivity index (χ3n) is 3.74. The molecule has 0 radical (unpaired) electrons. The quantitative estimate of drug-likeness (QED) is 0.472. The Kier molecular flexibility index (Phi) is 2.40. The number of hydrogen-bond donors (Lipinski definition) is 0. The molecular formula is C17H9N5O. The fourth-order valence-corrected chi connectivity index (χ4v) is 2.69. The van der Waals surface area contributed by atoms with Gasteiger partial charge in [0.25, 0.3) is 0 Å². The minimum Gasteiger partial charge on any atom is -0.433 e. The first-order valence-electron chi connectivity index (χ1n) is 7.10. The van der Waals surface area contributed by atoms with E-state index in [-0.39, 0.29) is 0 Å². The predicted molar refractivity (Wildman–Crippen MR) is 85.6 cm³/mol. The molecule has 23 heavy (non-hydrogen) atoms. The lowest BCUT2D eigenvalue weighted by Gasteiger charge is -2.03. The van der Waals surface area contributed by atoms with Crippen LogP contribution < -0.4 is 0 Å². The standard InChI is InChI=1S/C17H9N5O/c1-2-4-11-10(3-1)5-6-18-13(11)16-21-9-12-14(22-16)15-17(23-12)20-8-7-19-15/h1-9H. The number of aromatic nitrogens is 5. The molecule has 4 aromatic heterocycles. The molecule has 6 heteroatoms. The zero-order valence-electron chi connectivity index (χ0n) is 11.8. The largest absolute Gasteiger partial charge is 0.433 e. The highest BCUT2D eigenvalue weighted by molar-refractivity contribution is 5.99. The minimum atomic E-state index is 0.458. The zero-order chi connectivity index (χ0) is 15.2. The van der Waals surface area contributed by atoms with Gasteiger partial charge >= 0.3 is 0 Å². The molecule has 1 aromatic carbocycles. The SMILES string of the molecule is c1ccc2c(-c3ncc4oc5nccnc5c4n3)nccc2c1. The average molecular weight is 299 g/mol. The van der Waals surface area contributed by atoms with Crippen molar-refractivity contribution >= 4 is 33.1 Å². The van der Waals surface area contributed by atoms with Gasteiger partial charge in [-0.25, -0.2) is 19.9 Å². The summed E-state index contributed by atoms with van der Waals surface area (Å²) >= 11 is 0. The summed E-state index contributed by atoms with van der Waals surface area (Å²) in [4.78, 5) is 21.9. The topological polar surface area (TPSA) is 77.6 Å². The summed E-state index contributed by atoms with van der Waals surface area (Å²) in [5.74, 6) is 0.544. The van der Waals surface area contributed by atoms with Crippen molar-refractivity contribution in [1.82, 2.24) is 24.9 Å². The molecule has 4 heterocycles. The highest BCUT2D eigenvalue weighted by atomic mass is 16.3. The van der Waals surface area contributed by atoms with Crippen molar-refractivity contribution in [1.29, 1.82) is 0 Å². The van der Waals surface area contributed by atoms with E-state index in [0.29, 0.717) is 28.2 Å². The van der Waals surface area contributed by atoms with E-state index in [4.69, 9.17) is 4.42 Å². The molecule has 0 saturated carbocycles. The van der Waals surface area contributed by atoms with Gasteiger partial charge in [-0.1, -0.05) is 24.3 Å². The van der Waals surface area contributed by atoms with Crippen LogP contribution in [0.2, 0.25) is 0 Å². The van der Waals surface area contributed by atoms with E-state index in [1.807, 2.05) is 30.3 Å². The summed E-state index contributed by atoms with van der Waals surface area (Å²) in [6.07, 6.45) is 6.61. The number of nitrogens with zero attached hydrogens (tertiary/aromatic N) is 5. The highest BCUT2D eigenvalue weighted by Crippen LogP contribution is 2.28. The van der Waals surface area contributed by atoms with Crippen LogP contribution in [0.1, 0.15) is 0 Å². The normalized spacial score (nSPS) is 11.5. The number of fused-ring (bicyclic) bond motifs is 4. The Labute approximate surface area is 129 Å². The summed E-state index contributed by atoms with van der Waals surface area (Å²) in [6, 6.07) is 9.99. The van der Waals surface area contributed by atoms with Gasteiger partial charge in [0.2, 0.25) is 5.71 Å². The van der Waals surface area contributed by atoms with Gasteiger partial charge in [-0.3, -0.25) is 4.98 Å². The number of benzene rings is 1. The molecule has 0 unspecified atom stereocenters. The van der Waals surface area contributed by atoms with E-state index in [1.165, 1.54) is 0 Å². The second-order valence-corrected chi connectivity index (χ2v) is 5.10. The molecule has 0 saturated heterocycles. The summed E-state index contributed by atoms with van der Waals surface area (Å²) in [6.45, 7) is 0. The Morgan fingerprint density at radius 2 is 1.70 bits per heavy atom. The van der Waals surface area contributed by atoms with Crippen LogP contribution in [0.4, 0.5) is 0 Å². The third kappa shape index (κ3) is 1.78. The second kappa shape index (κ2) is 4.54. The minimum absolute atomic E-state index is 0.458. The van der Waals surface area contributed by atoms with E-state index in [0.717, 1.165) is 16.5 Å². The van der Waals surface area contributed by atoms with Crippen LogP contribution in [0.25, 0.3) is 44.6 Å². The maximum atomic E-state index is 5.61. The average Bonchev–Trinajstić information content (AvgIpc) is 2.99. The van der Waals surface area contributed by atoms with Crippen LogP contribution in [-0.2, 0) is 0 Å². The molecule has 5 aromatic rings. The van der Waals surface area contributed by atoms with Crippen molar-refractivity contribution in [2.45, 2.75) is 0 Å². The fraction of sp³-hybridized carbons (Fsp3) is 0. The van der Waals surface area contributed by atoms with Crippen molar-refractivity contribution in [3.8, 4) is 11.5 Å². The van der Waals surface area contributed by atoms with Crippen LogP contribution in [0.15, 0.2) is 59.5 Å². The molecule has 0 atom stereocenters. The van der Waals surface area contributed by atoms with Gasteiger partial charge in [0.05, 0.1) is 6.20 Å². The van der Waals surface area contributed by atoms with Gasteiger partial charge in [-0.05, 0) is 11.5 Å². The van der Waals surface area contributed by atoms with Gasteiger partial charge in [0.15, 0.2) is 16.9 Å². The smallest absolute Gasteiger partial charge is 0.248 e. The van der Waals surface area contributed by atoms with Crippen molar-refractivity contribution in [2.75, 3.05) is 0 Å². The highest BCUT2D eigenvalue weighted by Gasteiger charge is 2.14. The monoisotopic (exact) mass is 299 g/mol. The second-order valence-electron chi connectivity index (χ2n) is 5.10. The number of hydrogen-bond acceptors (Lipinski definition) is 6. The first-order chi connectivity index (χ1) is 11.4. The van der Waals surface area contributed by atoms with Crippen molar-refractivity contribution in [3.05, 3.63) is 55.1 Å². The molecule has 0 aliphatic heterocycles. The van der Waals surface area contributed by atoms with E-state index < -0.39 is 0 Å². The fourth-order valence-electron chi connectivity index (χ4n) is 2.69. The molecule has 0 bridgehead atoms. The maximum absolute atomic E-state index is 5.61. The Morgan fingerprint density at radius 3 is 2.70 bits per heavy atom. The first kappa shape index (κ1) is 12.2. The summed E-state index contributed by atoms with van der Waals surface area (Å²) in [7, 11) is 0. The Balaban J connectivity index is 1.84. The lowest BCUT2D eigenvalue weighted by atomic mass is 10.1. The number of pyridine rings is 1. The van der Waals surface area contributed by atoms with Gasteiger partial charge in [-0.2, -0.15) is 0 Å². The Bertz CT molecular complexity index is 1180. The zero-order valence-corrected chi connectivity index (χ0v) is 11.8. The van der Waals surface area contributed by atoms with Gasteiger partial charge in [-0.15, -0.1) is 0 Å². The molecule has 5 rings (SSSR count). The molecule has 0 spiro atoms. The van der Waals surface area contributed by atoms with Crippen LogP contribution >= 0.6 is 0 Å². The van der Waals surface area contributed by atoms with Crippen LogP contribution in [0.5, 0.6) is 0 Å². The first-order valence-corrected chi connectivity index (χ1v) is 7.10. The van der Waals surface area contributed by atoms with E-state index in [2.05, 4.69) is 24.9 Å². The lowest BCUT2D eigenvalue weighted by Crippen LogP contribution is -1.93. The van der Waals surface area contributed by atoms with Gasteiger partial charge < -0.3 is 4.42 Å². The van der Waals surface area contributed by atoms with E-state index in [9.17, 15) is 0 Å². The Hall–Kier alpha value is -3.41. The third-order valence-corrected chi connectivity index (χ3v) is 3.74. The molecular weight excluding hydrogens is 290 g/mol. The summed E-state index contributed by atoms with van der Waals surface area (Å²) in [5, 5.41) is 2.10. The summed E-state index contributed by atoms with van der Waals surface area (Å²) < 4.78 is 5.61. The van der Waals surface area contributed by atoms with Gasteiger partial charge in [0, 0.05) is 24.0 Å². The molecule has 0 fully saturated rings. The predicted octanol–water partition coefficient (Wildman–Crippen LogP) is 3.38. The van der Waals surface area contributed by atoms with Crippen molar-refractivity contribution in [3.63, 3.8) is 0 Å². The molecule has 0 aliphatic rings. The van der Waals surface area contributed by atoms with Crippen LogP contribution in [0, 0.1) is 0 Å². The molecule has 0 amide bonds. The molecule has 6 nitrogen and oxygen atoms in total. The molecule has 0 aliphatic carbocycles.